The van der Waals surface area contributed by atoms with Gasteiger partial charge in [0.05, 0.1) is 11.4 Å². The van der Waals surface area contributed by atoms with Gasteiger partial charge in [-0.1, -0.05) is 18.2 Å². The fraction of sp³-hybridized carbons (Fsp3) is 0.190. The number of nitrogens with one attached hydrogen (secondary N) is 2. The Hall–Kier alpha value is -3.06. The first-order valence-corrected chi connectivity index (χ1v) is 10.1. The van der Waals surface area contributed by atoms with Crippen molar-refractivity contribution in [1.29, 1.82) is 0 Å². The molecule has 4 rings (SSSR count). The second-order valence-corrected chi connectivity index (χ2v) is 7.46. The molecule has 3 aromatic rings. The van der Waals surface area contributed by atoms with Crippen molar-refractivity contribution in [3.8, 4) is 11.5 Å². The Morgan fingerprint density at radius 2 is 2.04 bits per heavy atom. The number of hydrogen-bond acceptors (Lipinski definition) is 5. The zero-order chi connectivity index (χ0) is 19.3. The van der Waals surface area contributed by atoms with Crippen molar-refractivity contribution in [2.24, 2.45) is 0 Å². The molecule has 2 amide bonds. The minimum atomic E-state index is -0.0726. The Balaban J connectivity index is 1.27. The first kappa shape index (κ1) is 18.3. The molecule has 28 heavy (non-hydrogen) atoms. The van der Waals surface area contributed by atoms with Gasteiger partial charge in [0.1, 0.15) is 6.26 Å². The Morgan fingerprint density at radius 3 is 2.89 bits per heavy atom. The molecule has 0 fully saturated rings. The van der Waals surface area contributed by atoms with Crippen LogP contribution < -0.4 is 10.6 Å². The first-order chi connectivity index (χ1) is 13.7. The van der Waals surface area contributed by atoms with Crippen LogP contribution in [-0.2, 0) is 21.8 Å². The lowest BCUT2D eigenvalue weighted by molar-refractivity contribution is -0.116. The van der Waals surface area contributed by atoms with Crippen molar-refractivity contribution in [3.05, 3.63) is 66.1 Å². The summed E-state index contributed by atoms with van der Waals surface area (Å²) < 4.78 is 5.51. The largest absolute Gasteiger partial charge is 0.444 e. The van der Waals surface area contributed by atoms with Gasteiger partial charge in [-0.05, 0) is 42.3 Å². The summed E-state index contributed by atoms with van der Waals surface area (Å²) >= 11 is 1.48. The minimum absolute atomic E-state index is 0.0314. The van der Waals surface area contributed by atoms with Gasteiger partial charge in [0.2, 0.25) is 17.7 Å². The van der Waals surface area contributed by atoms with Crippen LogP contribution in [0.1, 0.15) is 17.7 Å². The molecule has 7 heteroatoms. The average Bonchev–Trinajstić information content (AvgIpc) is 3.18. The molecule has 0 radical (unpaired) electrons. The number of thioether (sulfide) groups is 1. The van der Waals surface area contributed by atoms with Crippen molar-refractivity contribution in [3.63, 3.8) is 0 Å². The number of amides is 2. The lowest BCUT2D eigenvalue weighted by atomic mass is 10.0. The highest BCUT2D eigenvalue weighted by Crippen LogP contribution is 2.26. The lowest BCUT2D eigenvalue weighted by Crippen LogP contribution is -2.19. The van der Waals surface area contributed by atoms with E-state index in [1.54, 1.807) is 12.3 Å². The van der Waals surface area contributed by atoms with Gasteiger partial charge >= 0.3 is 0 Å². The highest BCUT2D eigenvalue weighted by atomic mass is 32.2. The SMILES string of the molecule is O=C(CSCc1coc(-c2ccccc2)n1)Nc1ccc2c(c1)CCC(=O)N2. The summed E-state index contributed by atoms with van der Waals surface area (Å²) in [5.41, 5.74) is 4.35. The number of carbonyl (C=O) groups is 2. The van der Waals surface area contributed by atoms with Gasteiger partial charge in [-0.25, -0.2) is 4.98 Å². The van der Waals surface area contributed by atoms with E-state index in [4.69, 9.17) is 4.42 Å². The molecule has 6 nitrogen and oxygen atoms in total. The quantitative estimate of drug-likeness (QED) is 0.659. The molecule has 0 unspecified atom stereocenters. The van der Waals surface area contributed by atoms with Crippen LogP contribution in [-0.4, -0.2) is 22.6 Å². The van der Waals surface area contributed by atoms with Crippen molar-refractivity contribution in [1.82, 2.24) is 4.98 Å². The van der Waals surface area contributed by atoms with E-state index in [9.17, 15) is 9.59 Å². The fourth-order valence-corrected chi connectivity index (χ4v) is 3.69. The monoisotopic (exact) mass is 393 g/mol. The van der Waals surface area contributed by atoms with Crippen LogP contribution in [0.3, 0.4) is 0 Å². The summed E-state index contributed by atoms with van der Waals surface area (Å²) in [7, 11) is 0. The standard InChI is InChI=1S/C21H19N3O3S/c25-19-9-6-15-10-16(7-8-18(15)24-19)22-20(26)13-28-12-17-11-27-21(23-17)14-4-2-1-3-5-14/h1-5,7-8,10-11H,6,9,12-13H2,(H,22,26)(H,24,25). The van der Waals surface area contributed by atoms with E-state index in [1.807, 2.05) is 42.5 Å². The van der Waals surface area contributed by atoms with Crippen molar-refractivity contribution >= 4 is 35.0 Å². The summed E-state index contributed by atoms with van der Waals surface area (Å²) in [6, 6.07) is 15.3. The Bertz CT molecular complexity index is 1000. The van der Waals surface area contributed by atoms with Crippen LogP contribution in [0.15, 0.2) is 59.2 Å². The Morgan fingerprint density at radius 1 is 1.18 bits per heavy atom. The normalized spacial score (nSPS) is 12.9. The van der Waals surface area contributed by atoms with Crippen LogP contribution in [0.25, 0.3) is 11.5 Å². The van der Waals surface area contributed by atoms with Gasteiger partial charge in [0.25, 0.3) is 0 Å². The average molecular weight is 393 g/mol. The van der Waals surface area contributed by atoms with Gasteiger partial charge in [-0.3, -0.25) is 9.59 Å². The molecule has 0 aliphatic carbocycles. The summed E-state index contributed by atoms with van der Waals surface area (Å²) in [6.07, 6.45) is 2.80. The van der Waals surface area contributed by atoms with Crippen molar-refractivity contribution in [2.45, 2.75) is 18.6 Å². The maximum Gasteiger partial charge on any atom is 0.234 e. The molecule has 1 aliphatic rings. The van der Waals surface area contributed by atoms with Gasteiger partial charge < -0.3 is 15.1 Å². The molecule has 0 bridgehead atoms. The Kier molecular flexibility index (Phi) is 5.43. The number of anilines is 2. The summed E-state index contributed by atoms with van der Waals surface area (Å²) in [5.74, 6) is 1.46. The molecule has 0 saturated heterocycles. The minimum Gasteiger partial charge on any atom is -0.444 e. The second kappa shape index (κ2) is 8.31. The summed E-state index contributed by atoms with van der Waals surface area (Å²) in [5, 5.41) is 5.74. The van der Waals surface area contributed by atoms with Crippen LogP contribution in [0.5, 0.6) is 0 Å². The van der Waals surface area contributed by atoms with Gasteiger partial charge in [-0.2, -0.15) is 0 Å². The molecule has 0 atom stereocenters. The fourth-order valence-electron chi connectivity index (χ4n) is 2.99. The third kappa shape index (κ3) is 4.43. The van der Waals surface area contributed by atoms with Crippen LogP contribution >= 0.6 is 11.8 Å². The number of oxazole rings is 1. The highest BCUT2D eigenvalue weighted by molar-refractivity contribution is 7.99. The van der Waals surface area contributed by atoms with E-state index in [0.29, 0.717) is 30.2 Å². The zero-order valence-electron chi connectivity index (χ0n) is 15.1. The predicted molar refractivity (Wildman–Crippen MR) is 110 cm³/mol. The lowest BCUT2D eigenvalue weighted by Gasteiger charge is -2.17. The molecular formula is C21H19N3O3S. The number of benzene rings is 2. The third-order valence-corrected chi connectivity index (χ3v) is 5.31. The van der Waals surface area contributed by atoms with E-state index in [-0.39, 0.29) is 11.8 Å². The zero-order valence-corrected chi connectivity index (χ0v) is 15.9. The summed E-state index contributed by atoms with van der Waals surface area (Å²) in [6.45, 7) is 0. The molecular weight excluding hydrogens is 374 g/mol. The smallest absolute Gasteiger partial charge is 0.234 e. The molecule has 2 heterocycles. The number of carbonyl (C=O) groups excluding carboxylic acids is 2. The van der Waals surface area contributed by atoms with Crippen molar-refractivity contribution in [2.75, 3.05) is 16.4 Å². The van der Waals surface area contributed by atoms with Crippen LogP contribution in [0.4, 0.5) is 11.4 Å². The van der Waals surface area contributed by atoms with Crippen LogP contribution in [0.2, 0.25) is 0 Å². The number of hydrogen-bond donors (Lipinski definition) is 2. The Labute approximate surface area is 166 Å². The van der Waals surface area contributed by atoms with E-state index >= 15 is 0 Å². The van der Waals surface area contributed by atoms with Gasteiger partial charge in [0, 0.05) is 29.1 Å². The van der Waals surface area contributed by atoms with Crippen LogP contribution in [0, 0.1) is 0 Å². The predicted octanol–water partition coefficient (Wildman–Crippen LogP) is 4.10. The number of aryl methyl sites for hydroxylation is 1. The highest BCUT2D eigenvalue weighted by Gasteiger charge is 2.15. The van der Waals surface area contributed by atoms with E-state index in [1.165, 1.54) is 11.8 Å². The molecule has 142 valence electrons. The second-order valence-electron chi connectivity index (χ2n) is 6.47. The van der Waals surface area contributed by atoms with E-state index in [2.05, 4.69) is 15.6 Å². The van der Waals surface area contributed by atoms with Crippen molar-refractivity contribution < 1.29 is 14.0 Å². The molecule has 2 aromatic carbocycles. The molecule has 0 saturated carbocycles. The number of aromatic nitrogens is 1. The topological polar surface area (TPSA) is 84.2 Å². The van der Waals surface area contributed by atoms with Gasteiger partial charge in [0.15, 0.2) is 0 Å². The molecule has 1 aromatic heterocycles. The maximum atomic E-state index is 12.2. The number of nitrogens with zero attached hydrogens (tertiary/aromatic N) is 1. The summed E-state index contributed by atoms with van der Waals surface area (Å²) in [4.78, 5) is 28.1. The molecule has 2 N–H and O–H groups in total. The number of fused-ring (bicyclic) bond motifs is 1. The molecule has 0 spiro atoms. The number of rotatable bonds is 6. The van der Waals surface area contributed by atoms with E-state index in [0.717, 1.165) is 28.2 Å². The van der Waals surface area contributed by atoms with Gasteiger partial charge in [-0.15, -0.1) is 11.8 Å². The first-order valence-electron chi connectivity index (χ1n) is 8.97. The molecule has 1 aliphatic heterocycles. The van der Waals surface area contributed by atoms with E-state index < -0.39 is 0 Å². The maximum absolute atomic E-state index is 12.2. The third-order valence-electron chi connectivity index (χ3n) is 4.34.